The molecule has 1 rings (SSSR count). The molecule has 0 aliphatic rings. The molecule has 5 nitrogen and oxygen atoms in total. The number of halogens is 3. The first-order chi connectivity index (χ1) is 11.6. The van der Waals surface area contributed by atoms with Crippen molar-refractivity contribution in [1.29, 1.82) is 0 Å². The van der Waals surface area contributed by atoms with E-state index in [1.54, 1.807) is 41.5 Å². The van der Waals surface area contributed by atoms with Crippen molar-refractivity contribution in [1.82, 2.24) is 0 Å². The topological polar surface area (TPSA) is 64.6 Å². The number of nitrogens with one attached hydrogen (secondary N) is 1. The molecule has 0 aromatic heterocycles. The van der Waals surface area contributed by atoms with Crippen LogP contribution in [-0.2, 0) is 26.9 Å². The van der Waals surface area contributed by atoms with Crippen LogP contribution in [0.25, 0.3) is 0 Å². The maximum Gasteiger partial charge on any atom is 0.418 e. The molecule has 0 aliphatic carbocycles. The molecule has 0 saturated carbocycles. The van der Waals surface area contributed by atoms with Crippen LogP contribution >= 0.6 is 0 Å². The zero-order chi connectivity index (χ0) is 20.3. The van der Waals surface area contributed by atoms with Crippen LogP contribution < -0.4 is 5.32 Å². The summed E-state index contributed by atoms with van der Waals surface area (Å²) in [6.07, 6.45) is -6.18. The summed E-state index contributed by atoms with van der Waals surface area (Å²) in [5, 5.41) is 2.12. The van der Waals surface area contributed by atoms with E-state index in [0.29, 0.717) is 0 Å². The fourth-order valence-corrected chi connectivity index (χ4v) is 2.07. The van der Waals surface area contributed by atoms with E-state index in [-0.39, 0.29) is 5.56 Å². The number of alkyl halides is 3. The van der Waals surface area contributed by atoms with Gasteiger partial charge < -0.3 is 9.47 Å². The summed E-state index contributed by atoms with van der Waals surface area (Å²) in [6, 6.07) is 3.32. The number of para-hydroxylation sites is 1. The van der Waals surface area contributed by atoms with Gasteiger partial charge in [0, 0.05) is 0 Å². The maximum atomic E-state index is 13.3. The lowest BCUT2D eigenvalue weighted by Crippen LogP contribution is -2.29. The van der Waals surface area contributed by atoms with Crippen LogP contribution in [0.4, 0.5) is 23.7 Å². The lowest BCUT2D eigenvalue weighted by Gasteiger charge is -2.23. The van der Waals surface area contributed by atoms with E-state index in [1.165, 1.54) is 12.1 Å². The second kappa shape index (κ2) is 7.55. The van der Waals surface area contributed by atoms with E-state index in [4.69, 9.17) is 9.47 Å². The first-order valence-corrected chi connectivity index (χ1v) is 7.99. The van der Waals surface area contributed by atoms with Crippen molar-refractivity contribution in [3.63, 3.8) is 0 Å². The Morgan fingerprint density at radius 1 is 0.962 bits per heavy atom. The molecule has 1 aromatic rings. The summed E-state index contributed by atoms with van der Waals surface area (Å²) >= 11 is 0. The monoisotopic (exact) mass is 375 g/mol. The Morgan fingerprint density at radius 2 is 1.50 bits per heavy atom. The molecule has 0 heterocycles. The molecule has 146 valence electrons. The van der Waals surface area contributed by atoms with Gasteiger partial charge in [-0.2, -0.15) is 13.2 Å². The smallest absolute Gasteiger partial charge is 0.418 e. The fourth-order valence-electron chi connectivity index (χ4n) is 2.07. The Kier molecular flexibility index (Phi) is 6.33. The van der Waals surface area contributed by atoms with Gasteiger partial charge in [-0.1, -0.05) is 12.1 Å². The van der Waals surface area contributed by atoms with Crippen LogP contribution in [0.5, 0.6) is 0 Å². The molecular formula is C18H24F3NO4. The van der Waals surface area contributed by atoms with Crippen LogP contribution in [0, 0.1) is 0 Å². The molecule has 0 fully saturated rings. The van der Waals surface area contributed by atoms with Gasteiger partial charge in [-0.05, 0) is 53.2 Å². The van der Waals surface area contributed by atoms with Crippen molar-refractivity contribution >= 4 is 17.7 Å². The molecule has 0 atom stereocenters. The van der Waals surface area contributed by atoms with E-state index in [1.807, 2.05) is 0 Å². The summed E-state index contributed by atoms with van der Waals surface area (Å²) in [4.78, 5) is 24.0. The SMILES string of the molecule is CC(C)(C)OC(=O)Cc1cccc(C(F)(F)F)c1NC(=O)OC(C)(C)C. The number of esters is 1. The number of hydrogen-bond donors (Lipinski definition) is 1. The highest BCUT2D eigenvalue weighted by Crippen LogP contribution is 2.37. The van der Waals surface area contributed by atoms with Crippen LogP contribution in [0.2, 0.25) is 0 Å². The summed E-state index contributed by atoms with van der Waals surface area (Å²) in [5.74, 6) is -0.705. The van der Waals surface area contributed by atoms with E-state index in [2.05, 4.69) is 5.32 Å². The molecule has 0 saturated heterocycles. The fraction of sp³-hybridized carbons (Fsp3) is 0.556. The van der Waals surface area contributed by atoms with Crippen LogP contribution in [-0.4, -0.2) is 23.3 Å². The second-order valence-electron chi connectivity index (χ2n) is 7.73. The number of amides is 1. The Labute approximate surface area is 150 Å². The standard InChI is InChI=1S/C18H24F3NO4/c1-16(2,3)25-13(23)10-11-8-7-9-12(18(19,20)21)14(11)22-15(24)26-17(4,5)6/h7-9H,10H2,1-6H3,(H,22,24). The number of ether oxygens (including phenoxy) is 2. The van der Waals surface area contributed by atoms with Crippen molar-refractivity contribution < 1.29 is 32.2 Å². The minimum absolute atomic E-state index is 0.0139. The molecule has 1 amide bonds. The third-order valence-electron chi connectivity index (χ3n) is 2.84. The van der Waals surface area contributed by atoms with Gasteiger partial charge in [0.25, 0.3) is 0 Å². The molecule has 0 unspecified atom stereocenters. The van der Waals surface area contributed by atoms with Gasteiger partial charge in [-0.3, -0.25) is 10.1 Å². The molecule has 1 aromatic carbocycles. The second-order valence-corrected chi connectivity index (χ2v) is 7.73. The highest BCUT2D eigenvalue weighted by atomic mass is 19.4. The van der Waals surface area contributed by atoms with Gasteiger partial charge in [0.2, 0.25) is 0 Å². The van der Waals surface area contributed by atoms with Crippen molar-refractivity contribution in [2.45, 2.75) is 65.3 Å². The van der Waals surface area contributed by atoms with Gasteiger partial charge in [0.15, 0.2) is 0 Å². The third-order valence-corrected chi connectivity index (χ3v) is 2.84. The third kappa shape index (κ3) is 7.33. The zero-order valence-corrected chi connectivity index (χ0v) is 15.7. The van der Waals surface area contributed by atoms with Gasteiger partial charge >= 0.3 is 18.2 Å². The minimum Gasteiger partial charge on any atom is -0.460 e. The average Bonchev–Trinajstić information content (AvgIpc) is 2.34. The predicted molar refractivity (Wildman–Crippen MR) is 90.8 cm³/mol. The van der Waals surface area contributed by atoms with E-state index in [9.17, 15) is 22.8 Å². The first kappa shape index (κ1) is 21.8. The molecule has 0 bridgehead atoms. The number of benzene rings is 1. The number of hydrogen-bond acceptors (Lipinski definition) is 4. The van der Waals surface area contributed by atoms with Crippen LogP contribution in [0.1, 0.15) is 52.7 Å². The maximum absolute atomic E-state index is 13.3. The summed E-state index contributed by atoms with van der Waals surface area (Å²) in [5.41, 5.74) is -3.26. The Morgan fingerprint density at radius 3 is 1.96 bits per heavy atom. The minimum atomic E-state index is -4.71. The molecule has 1 N–H and O–H groups in total. The Bertz CT molecular complexity index is 670. The highest BCUT2D eigenvalue weighted by Gasteiger charge is 2.35. The Balaban J connectivity index is 3.21. The van der Waals surface area contributed by atoms with Crippen molar-refractivity contribution in [3.8, 4) is 0 Å². The van der Waals surface area contributed by atoms with E-state index < -0.39 is 47.1 Å². The van der Waals surface area contributed by atoms with Crippen molar-refractivity contribution in [2.75, 3.05) is 5.32 Å². The quantitative estimate of drug-likeness (QED) is 0.761. The molecule has 8 heteroatoms. The highest BCUT2D eigenvalue weighted by molar-refractivity contribution is 5.89. The van der Waals surface area contributed by atoms with E-state index in [0.717, 1.165) is 6.07 Å². The zero-order valence-electron chi connectivity index (χ0n) is 15.7. The van der Waals surface area contributed by atoms with Crippen LogP contribution in [0.3, 0.4) is 0 Å². The number of carbonyl (C=O) groups is 2. The lowest BCUT2D eigenvalue weighted by atomic mass is 10.0. The molecule has 0 spiro atoms. The average molecular weight is 375 g/mol. The number of carbonyl (C=O) groups excluding carboxylic acids is 2. The predicted octanol–water partition coefficient (Wildman–Crippen LogP) is 4.94. The Hall–Kier alpha value is -2.25. The largest absolute Gasteiger partial charge is 0.460 e. The van der Waals surface area contributed by atoms with Gasteiger partial charge in [0.05, 0.1) is 17.7 Å². The van der Waals surface area contributed by atoms with Gasteiger partial charge in [-0.15, -0.1) is 0 Å². The normalized spacial score (nSPS) is 12.5. The molecular weight excluding hydrogens is 351 g/mol. The molecule has 0 aliphatic heterocycles. The van der Waals surface area contributed by atoms with E-state index >= 15 is 0 Å². The number of anilines is 1. The summed E-state index contributed by atoms with van der Waals surface area (Å²) in [7, 11) is 0. The van der Waals surface area contributed by atoms with Crippen molar-refractivity contribution in [2.24, 2.45) is 0 Å². The lowest BCUT2D eigenvalue weighted by molar-refractivity contribution is -0.154. The first-order valence-electron chi connectivity index (χ1n) is 7.99. The van der Waals surface area contributed by atoms with Gasteiger partial charge in [-0.25, -0.2) is 4.79 Å². The van der Waals surface area contributed by atoms with Gasteiger partial charge in [0.1, 0.15) is 11.2 Å². The summed E-state index contributed by atoms with van der Waals surface area (Å²) in [6.45, 7) is 9.71. The molecule has 26 heavy (non-hydrogen) atoms. The van der Waals surface area contributed by atoms with Crippen LogP contribution in [0.15, 0.2) is 18.2 Å². The molecule has 0 radical (unpaired) electrons. The van der Waals surface area contributed by atoms with Crippen molar-refractivity contribution in [3.05, 3.63) is 29.3 Å². The summed E-state index contributed by atoms with van der Waals surface area (Å²) < 4.78 is 50.1. The number of rotatable bonds is 3.